The van der Waals surface area contributed by atoms with Gasteiger partial charge in [0.1, 0.15) is 0 Å². The van der Waals surface area contributed by atoms with E-state index in [2.05, 4.69) is 54.6 Å². The van der Waals surface area contributed by atoms with E-state index < -0.39 is 0 Å². The lowest BCUT2D eigenvalue weighted by Gasteiger charge is -2.13. The van der Waals surface area contributed by atoms with Gasteiger partial charge in [-0.05, 0) is 40.1 Å². The first-order valence-corrected chi connectivity index (χ1v) is 5.93. The highest BCUT2D eigenvalue weighted by atomic mass is 35.5. The molecule has 0 heterocycles. The molecule has 3 rings (SSSR count). The van der Waals surface area contributed by atoms with Crippen LogP contribution >= 0.6 is 12.4 Å². The van der Waals surface area contributed by atoms with Crippen molar-refractivity contribution < 1.29 is 0 Å². The van der Waals surface area contributed by atoms with Crippen LogP contribution in [0.5, 0.6) is 0 Å². The van der Waals surface area contributed by atoms with Crippen molar-refractivity contribution in [2.45, 2.75) is 13.0 Å². The fraction of sp³-hybridized carbons (Fsp3) is 0.125. The normalized spacial score (nSPS) is 12.3. The van der Waals surface area contributed by atoms with Crippen molar-refractivity contribution in [2.24, 2.45) is 5.73 Å². The summed E-state index contributed by atoms with van der Waals surface area (Å²) in [5, 5.41) is 5.12. The number of halogens is 1. The minimum absolute atomic E-state index is 0. The molecule has 18 heavy (non-hydrogen) atoms. The fourth-order valence-corrected chi connectivity index (χ4v) is 2.46. The minimum atomic E-state index is 0. The highest BCUT2D eigenvalue weighted by Crippen LogP contribution is 2.30. The molecule has 0 unspecified atom stereocenters. The van der Waals surface area contributed by atoms with Gasteiger partial charge in [0.15, 0.2) is 0 Å². The molecular weight excluding hydrogens is 242 g/mol. The van der Waals surface area contributed by atoms with Crippen molar-refractivity contribution in [3.8, 4) is 0 Å². The molecular formula is C16H16ClN. The molecule has 0 aliphatic carbocycles. The van der Waals surface area contributed by atoms with E-state index in [1.165, 1.54) is 27.1 Å². The molecule has 0 saturated heterocycles. The first kappa shape index (κ1) is 12.9. The zero-order chi connectivity index (χ0) is 11.8. The van der Waals surface area contributed by atoms with Crippen LogP contribution in [0.2, 0.25) is 0 Å². The zero-order valence-corrected chi connectivity index (χ0v) is 11.1. The molecule has 0 spiro atoms. The largest absolute Gasteiger partial charge is 0.324 e. The van der Waals surface area contributed by atoms with Crippen molar-refractivity contribution >= 4 is 34.0 Å². The van der Waals surface area contributed by atoms with Crippen LogP contribution < -0.4 is 5.73 Å². The Balaban J connectivity index is 0.00000120. The molecule has 2 N–H and O–H groups in total. The van der Waals surface area contributed by atoms with Crippen LogP contribution in [0.15, 0.2) is 54.6 Å². The minimum Gasteiger partial charge on any atom is -0.324 e. The summed E-state index contributed by atoms with van der Waals surface area (Å²) in [6.45, 7) is 2.04. The number of benzene rings is 3. The second-order valence-corrected chi connectivity index (χ2v) is 4.52. The smallest absolute Gasteiger partial charge is 0.0272 e. The van der Waals surface area contributed by atoms with E-state index in [9.17, 15) is 0 Å². The third-order valence-corrected chi connectivity index (χ3v) is 3.29. The Morgan fingerprint density at radius 1 is 0.833 bits per heavy atom. The maximum Gasteiger partial charge on any atom is 0.0272 e. The quantitative estimate of drug-likeness (QED) is 0.641. The lowest BCUT2D eigenvalue weighted by atomic mass is 9.94. The average molecular weight is 258 g/mol. The summed E-state index contributed by atoms with van der Waals surface area (Å²) in [5.41, 5.74) is 7.29. The Bertz CT molecular complexity index is 689. The predicted molar refractivity (Wildman–Crippen MR) is 81.3 cm³/mol. The number of nitrogens with two attached hydrogens (primary N) is 1. The summed E-state index contributed by atoms with van der Waals surface area (Å²) in [7, 11) is 0. The molecule has 0 aromatic heterocycles. The molecule has 1 atom stereocenters. The number of hydrogen-bond donors (Lipinski definition) is 1. The third-order valence-electron chi connectivity index (χ3n) is 3.29. The van der Waals surface area contributed by atoms with Crippen molar-refractivity contribution in [1.29, 1.82) is 0 Å². The van der Waals surface area contributed by atoms with E-state index in [0.29, 0.717) is 0 Å². The van der Waals surface area contributed by atoms with Gasteiger partial charge in [-0.1, -0.05) is 48.5 Å². The van der Waals surface area contributed by atoms with Crippen molar-refractivity contribution in [1.82, 2.24) is 0 Å². The Labute approximate surface area is 113 Å². The molecule has 0 saturated carbocycles. The van der Waals surface area contributed by atoms with Gasteiger partial charge in [-0.3, -0.25) is 0 Å². The van der Waals surface area contributed by atoms with Gasteiger partial charge in [0.2, 0.25) is 0 Å². The Morgan fingerprint density at radius 2 is 1.39 bits per heavy atom. The predicted octanol–water partition coefficient (Wildman–Crippen LogP) is 4.43. The summed E-state index contributed by atoms with van der Waals surface area (Å²) < 4.78 is 0. The first-order valence-electron chi connectivity index (χ1n) is 5.93. The maximum atomic E-state index is 6.07. The second-order valence-electron chi connectivity index (χ2n) is 4.52. The SMILES string of the molecule is C[C@@H](N)c1cc2ccccc2c2ccccc12.Cl. The monoisotopic (exact) mass is 257 g/mol. The average Bonchev–Trinajstić information content (AvgIpc) is 2.37. The second kappa shape index (κ2) is 4.97. The van der Waals surface area contributed by atoms with Crippen LogP contribution in [0, 0.1) is 0 Å². The summed E-state index contributed by atoms with van der Waals surface area (Å²) in [5.74, 6) is 0. The van der Waals surface area contributed by atoms with Gasteiger partial charge in [-0.25, -0.2) is 0 Å². The van der Waals surface area contributed by atoms with Crippen molar-refractivity contribution in [3.63, 3.8) is 0 Å². The van der Waals surface area contributed by atoms with Crippen LogP contribution in [0.1, 0.15) is 18.5 Å². The van der Waals surface area contributed by atoms with Crippen LogP contribution in [-0.4, -0.2) is 0 Å². The molecule has 3 aromatic rings. The van der Waals surface area contributed by atoms with E-state index in [0.717, 1.165) is 0 Å². The van der Waals surface area contributed by atoms with E-state index in [-0.39, 0.29) is 18.4 Å². The van der Waals surface area contributed by atoms with Gasteiger partial charge in [0, 0.05) is 6.04 Å². The zero-order valence-electron chi connectivity index (χ0n) is 10.3. The standard InChI is InChI=1S/C16H15N.ClH/c1-11(17)16-10-12-6-2-3-7-13(12)14-8-4-5-9-15(14)16;/h2-11H,17H2,1H3;1H/t11-;/m1./s1. The lowest BCUT2D eigenvalue weighted by Crippen LogP contribution is -2.05. The van der Waals surface area contributed by atoms with Crippen LogP contribution in [0.3, 0.4) is 0 Å². The number of hydrogen-bond acceptors (Lipinski definition) is 1. The molecule has 0 aliphatic rings. The molecule has 92 valence electrons. The summed E-state index contributed by atoms with van der Waals surface area (Å²) in [6.07, 6.45) is 0. The van der Waals surface area contributed by atoms with Crippen LogP contribution in [-0.2, 0) is 0 Å². The number of rotatable bonds is 1. The fourth-order valence-electron chi connectivity index (χ4n) is 2.46. The van der Waals surface area contributed by atoms with Gasteiger partial charge in [0.25, 0.3) is 0 Å². The molecule has 0 radical (unpaired) electrons. The Morgan fingerprint density at radius 3 is 2.06 bits per heavy atom. The molecule has 0 fully saturated rings. The third kappa shape index (κ3) is 1.96. The highest BCUT2D eigenvalue weighted by molar-refractivity contribution is 6.09. The van der Waals surface area contributed by atoms with E-state index in [1.54, 1.807) is 0 Å². The van der Waals surface area contributed by atoms with Gasteiger partial charge in [0.05, 0.1) is 0 Å². The highest BCUT2D eigenvalue weighted by Gasteiger charge is 2.08. The van der Waals surface area contributed by atoms with Crippen LogP contribution in [0.4, 0.5) is 0 Å². The Hall–Kier alpha value is -1.57. The summed E-state index contributed by atoms with van der Waals surface area (Å²) in [6, 6.07) is 19.2. The van der Waals surface area contributed by atoms with E-state index in [1.807, 2.05) is 6.92 Å². The maximum absolute atomic E-state index is 6.07. The molecule has 0 bridgehead atoms. The summed E-state index contributed by atoms with van der Waals surface area (Å²) in [4.78, 5) is 0. The van der Waals surface area contributed by atoms with Gasteiger partial charge >= 0.3 is 0 Å². The van der Waals surface area contributed by atoms with Gasteiger partial charge in [-0.2, -0.15) is 0 Å². The molecule has 2 heteroatoms. The van der Waals surface area contributed by atoms with Crippen molar-refractivity contribution in [2.75, 3.05) is 0 Å². The lowest BCUT2D eigenvalue weighted by molar-refractivity contribution is 0.828. The number of fused-ring (bicyclic) bond motifs is 3. The molecule has 3 aromatic carbocycles. The topological polar surface area (TPSA) is 26.0 Å². The molecule has 1 nitrogen and oxygen atoms in total. The van der Waals surface area contributed by atoms with Crippen molar-refractivity contribution in [3.05, 3.63) is 60.2 Å². The summed E-state index contributed by atoms with van der Waals surface area (Å²) >= 11 is 0. The van der Waals surface area contributed by atoms with Gasteiger partial charge < -0.3 is 5.73 Å². The Kier molecular flexibility index (Phi) is 3.55. The first-order chi connectivity index (χ1) is 8.27. The molecule has 0 aliphatic heterocycles. The van der Waals surface area contributed by atoms with E-state index in [4.69, 9.17) is 5.73 Å². The molecule has 0 amide bonds. The van der Waals surface area contributed by atoms with Crippen LogP contribution in [0.25, 0.3) is 21.5 Å². The van der Waals surface area contributed by atoms with Gasteiger partial charge in [-0.15, -0.1) is 12.4 Å². The van der Waals surface area contributed by atoms with E-state index >= 15 is 0 Å².